The maximum absolute atomic E-state index is 9.13. The van der Waals surface area contributed by atoms with Crippen LogP contribution in [-0.2, 0) is 29.8 Å². The van der Waals surface area contributed by atoms with E-state index in [4.69, 9.17) is 89.0 Å². The first-order valence-electron chi connectivity index (χ1n) is 36.8. The molecular formula is C88H114O20. The van der Waals surface area contributed by atoms with Gasteiger partial charge in [-0.15, -0.1) is 0 Å². The molecule has 3 aliphatic rings. The zero-order chi connectivity index (χ0) is 77.8. The molecule has 9 aromatic carbocycles. The first-order chi connectivity index (χ1) is 52.6. The zero-order valence-corrected chi connectivity index (χ0v) is 63.4. The first-order valence-corrected chi connectivity index (χ1v) is 36.8. The van der Waals surface area contributed by atoms with E-state index in [1.807, 2.05) is 140 Å². The Balaban J connectivity index is 0.000000215. The van der Waals surface area contributed by atoms with Crippen molar-refractivity contribution in [3.8, 4) is 45.6 Å². The van der Waals surface area contributed by atoms with E-state index in [1.54, 1.807) is 13.2 Å². The van der Waals surface area contributed by atoms with E-state index in [1.165, 1.54) is 60.6 Å². The van der Waals surface area contributed by atoms with Crippen LogP contribution in [0, 0.1) is 17.3 Å². The lowest BCUT2D eigenvalue weighted by atomic mass is 9.60. The van der Waals surface area contributed by atoms with Crippen LogP contribution in [0.4, 0.5) is 0 Å². The van der Waals surface area contributed by atoms with Crippen molar-refractivity contribution in [3.63, 3.8) is 0 Å². The van der Waals surface area contributed by atoms with Gasteiger partial charge in [0.15, 0.2) is 20.4 Å². The molecule has 0 aliphatic heterocycles. The molecule has 2 fully saturated rings. The van der Waals surface area contributed by atoms with Crippen LogP contribution >= 0.6 is 0 Å². The van der Waals surface area contributed by atoms with Crippen molar-refractivity contribution in [1.29, 1.82) is 0 Å². The molecule has 10 N–H and O–H groups in total. The molecule has 9 aromatic rings. The van der Waals surface area contributed by atoms with Crippen molar-refractivity contribution in [2.45, 2.75) is 102 Å². The quantitative estimate of drug-likeness (QED) is 0.0195. The fourth-order valence-electron chi connectivity index (χ4n) is 13.9. The Morgan fingerprint density at radius 2 is 0.639 bits per heavy atom. The fraction of sp³-hybridized carbons (Fsp3) is 0.409. The van der Waals surface area contributed by atoms with Crippen LogP contribution in [0.2, 0.25) is 0 Å². The lowest BCUT2D eigenvalue weighted by Crippen LogP contribution is -2.39. The summed E-state index contributed by atoms with van der Waals surface area (Å²) < 4.78 is 51.2. The van der Waals surface area contributed by atoms with Gasteiger partial charge in [0, 0.05) is 19.6 Å². The molecule has 20 heteroatoms. The van der Waals surface area contributed by atoms with E-state index in [2.05, 4.69) is 110 Å². The molecule has 3 aliphatic carbocycles. The van der Waals surface area contributed by atoms with Crippen molar-refractivity contribution >= 4 is 10.8 Å². The van der Waals surface area contributed by atoms with Crippen LogP contribution in [-0.4, -0.2) is 178 Å². The standard InChI is InChI=1S/C28H24O4.C18H34O4.C18H22O4.C13H14O4.C6H6.C3H8O2.C2H6O2/c29-17-18-31-22-13-9-20(10-14-22)28(21-11-15-23(16-12-21)32-19-30)26-7-3-1-5-24(26)25-6-2-4-8-27(25)28;2*1-18(2,15-5-9-17(10-6-15)22-13-20)14-3-7-16(8-4-14)21-12-11-19;14-5-6-16-12-3-1-11-8-13(17-9-15)4-2-10(11)7-12;1-2-4-6-5-3-1;1-5-3-2-4;1-4-2-3/h1-16,29-30H,17-19H2;14-17,19-20H,3-13H2,1-2H3;3-10,19-20H,11-13H2,1-2H3;1-4,7-8,14-15H,5-6,9H2;1-6H;4H,2-3H2,1H3;3H,2H2,1H3. The molecule has 0 atom stereocenters. The normalized spacial score (nSPS) is 15.9. The molecule has 586 valence electrons. The lowest BCUT2D eigenvalue weighted by molar-refractivity contribution is -0.0802. The van der Waals surface area contributed by atoms with Crippen molar-refractivity contribution in [2.75, 3.05) is 114 Å². The number of hydrogen-bond acceptors (Lipinski definition) is 20. The highest BCUT2D eigenvalue weighted by Crippen LogP contribution is 2.56. The number of aliphatic hydroxyl groups excluding tert-OH is 10. The number of aliphatic hydroxyl groups is 10. The molecule has 12 rings (SSSR count). The number of benzene rings is 9. The predicted octanol–water partition coefficient (Wildman–Crippen LogP) is 13.0. The van der Waals surface area contributed by atoms with Gasteiger partial charge in [0.25, 0.3) is 0 Å². The molecule has 0 bridgehead atoms. The average molecular weight is 1490 g/mol. The molecule has 0 spiro atoms. The summed E-state index contributed by atoms with van der Waals surface area (Å²) in [6.45, 7) is 9.89. The van der Waals surface area contributed by atoms with E-state index >= 15 is 0 Å². The minimum atomic E-state index is -0.500. The molecule has 0 saturated heterocycles. The summed E-state index contributed by atoms with van der Waals surface area (Å²) in [5.41, 5.74) is 9.17. The van der Waals surface area contributed by atoms with Gasteiger partial charge in [-0.1, -0.05) is 173 Å². The van der Waals surface area contributed by atoms with Gasteiger partial charge in [0.05, 0.1) is 63.9 Å². The summed E-state index contributed by atoms with van der Waals surface area (Å²) in [6.07, 6.45) is 10.00. The third kappa shape index (κ3) is 26.7. The van der Waals surface area contributed by atoms with Crippen LogP contribution in [0.3, 0.4) is 0 Å². The van der Waals surface area contributed by atoms with Gasteiger partial charge in [-0.2, -0.15) is 0 Å². The highest BCUT2D eigenvalue weighted by molar-refractivity contribution is 5.87. The molecule has 0 amide bonds. The van der Waals surface area contributed by atoms with Gasteiger partial charge >= 0.3 is 0 Å². The van der Waals surface area contributed by atoms with Crippen molar-refractivity contribution < 1.29 is 98.4 Å². The van der Waals surface area contributed by atoms with E-state index in [-0.39, 0.29) is 91.7 Å². The monoisotopic (exact) mass is 1490 g/mol. The smallest absolute Gasteiger partial charge is 0.186 e. The third-order valence-electron chi connectivity index (χ3n) is 19.5. The number of hydrogen-bond donors (Lipinski definition) is 10. The second-order valence-electron chi connectivity index (χ2n) is 26.7. The van der Waals surface area contributed by atoms with Gasteiger partial charge in [-0.25, -0.2) is 0 Å². The molecule has 20 nitrogen and oxygen atoms in total. The second kappa shape index (κ2) is 48.8. The summed E-state index contributed by atoms with van der Waals surface area (Å²) in [4.78, 5) is 0. The van der Waals surface area contributed by atoms with Crippen LogP contribution in [0.1, 0.15) is 112 Å². The SMILES string of the molecule is CC(C)(C1CCC(OCO)CC1)C1CCC(OCCO)CC1.CC(C)(c1ccc(OCO)cc1)c1ccc(OCCO)cc1.COCCO.COCO.OCCOc1ccc(C2(c3ccc(OCO)cc3)c3ccccc3-c3ccccc32)cc1.OCCOc1ccc2cc(OCO)ccc2c1.c1ccccc1. The summed E-state index contributed by atoms with van der Waals surface area (Å²) in [7, 11) is 2.98. The fourth-order valence-corrected chi connectivity index (χ4v) is 13.9. The molecule has 108 heavy (non-hydrogen) atoms. The van der Waals surface area contributed by atoms with E-state index in [0.29, 0.717) is 48.6 Å². The Hall–Kier alpha value is -8.52. The summed E-state index contributed by atoms with van der Waals surface area (Å²) in [5.74, 6) is 5.65. The highest BCUT2D eigenvalue weighted by Gasteiger charge is 2.46. The Bertz CT molecular complexity index is 3740. The third-order valence-corrected chi connectivity index (χ3v) is 19.5. The Morgan fingerprint density at radius 1 is 0.315 bits per heavy atom. The van der Waals surface area contributed by atoms with Crippen LogP contribution in [0.15, 0.2) is 218 Å². The van der Waals surface area contributed by atoms with Crippen LogP contribution in [0.25, 0.3) is 21.9 Å². The average Bonchev–Trinajstić information content (AvgIpc) is 1.54. The van der Waals surface area contributed by atoms with Crippen molar-refractivity contribution in [1.82, 2.24) is 0 Å². The van der Waals surface area contributed by atoms with E-state index < -0.39 is 5.41 Å². The Morgan fingerprint density at radius 3 is 0.981 bits per heavy atom. The minimum Gasteiger partial charge on any atom is -0.491 e. The number of fused-ring (bicyclic) bond motifs is 4. The Kier molecular flexibility index (Phi) is 39.9. The molecule has 2 saturated carbocycles. The van der Waals surface area contributed by atoms with Gasteiger partial charge in [0.2, 0.25) is 0 Å². The minimum absolute atomic E-state index is 0.00130. The van der Waals surface area contributed by atoms with Crippen molar-refractivity contribution in [2.24, 2.45) is 17.3 Å². The molecular weight excluding hydrogens is 1380 g/mol. The molecule has 0 unspecified atom stereocenters. The largest absolute Gasteiger partial charge is 0.491 e. The maximum atomic E-state index is 9.13. The van der Waals surface area contributed by atoms with E-state index in [9.17, 15) is 0 Å². The molecule has 0 radical (unpaired) electrons. The number of ether oxygens (including phenoxy) is 10. The zero-order valence-electron chi connectivity index (χ0n) is 63.4. The summed E-state index contributed by atoms with van der Waals surface area (Å²) in [5, 5.41) is 88.4. The first kappa shape index (κ1) is 88.4. The summed E-state index contributed by atoms with van der Waals surface area (Å²) in [6, 6.07) is 71.9. The maximum Gasteiger partial charge on any atom is 0.186 e. The molecule has 0 heterocycles. The topological polar surface area (TPSA) is 295 Å². The van der Waals surface area contributed by atoms with Gasteiger partial charge < -0.3 is 98.4 Å². The van der Waals surface area contributed by atoms with Crippen LogP contribution in [0.5, 0.6) is 34.5 Å². The highest BCUT2D eigenvalue weighted by atomic mass is 16.6. The molecule has 0 aromatic heterocycles. The van der Waals surface area contributed by atoms with Gasteiger partial charge in [0.1, 0.15) is 67.9 Å². The van der Waals surface area contributed by atoms with Gasteiger partial charge in [-0.3, -0.25) is 0 Å². The second-order valence-corrected chi connectivity index (χ2v) is 26.7. The van der Waals surface area contributed by atoms with E-state index in [0.717, 1.165) is 82.2 Å². The summed E-state index contributed by atoms with van der Waals surface area (Å²) >= 11 is 0. The Labute approximate surface area is 637 Å². The number of rotatable bonds is 29. The predicted molar refractivity (Wildman–Crippen MR) is 420 cm³/mol. The lowest BCUT2D eigenvalue weighted by Gasteiger charge is -2.46. The number of methoxy groups -OCH3 is 2. The van der Waals surface area contributed by atoms with Crippen LogP contribution < -0.4 is 28.4 Å². The van der Waals surface area contributed by atoms with Crippen molar-refractivity contribution in [3.05, 3.63) is 252 Å². The van der Waals surface area contributed by atoms with Gasteiger partial charge in [-0.05, 0) is 197 Å².